The first-order valence-electron chi connectivity index (χ1n) is 17.0. The van der Waals surface area contributed by atoms with E-state index in [0.717, 1.165) is 6.42 Å². The molecule has 2 aliphatic rings. The van der Waals surface area contributed by atoms with Crippen LogP contribution in [0.5, 0.6) is 0 Å². The molecule has 1 aliphatic carbocycles. The summed E-state index contributed by atoms with van der Waals surface area (Å²) in [6.45, 7) is 17.1. The van der Waals surface area contributed by atoms with Crippen LogP contribution >= 0.6 is 17.0 Å². The number of fused-ring (bicyclic) bond motifs is 4. The summed E-state index contributed by atoms with van der Waals surface area (Å²) in [5.74, 6) is 0. The second-order valence-electron chi connectivity index (χ2n) is 15.4. The first-order chi connectivity index (χ1) is 22.3. The molecule has 7 rings (SSSR count). The van der Waals surface area contributed by atoms with Gasteiger partial charge in [-0.1, -0.05) is 0 Å². The van der Waals surface area contributed by atoms with Crippen molar-refractivity contribution in [2.75, 3.05) is 0 Å². The molecule has 0 amide bonds. The number of rotatable bonds is 7. The van der Waals surface area contributed by atoms with E-state index in [2.05, 4.69) is 155 Å². The molecule has 0 saturated heterocycles. The van der Waals surface area contributed by atoms with E-state index in [0.29, 0.717) is 0 Å². The van der Waals surface area contributed by atoms with Gasteiger partial charge in [0, 0.05) is 0 Å². The van der Waals surface area contributed by atoms with Crippen LogP contribution in [0.3, 0.4) is 0 Å². The summed E-state index contributed by atoms with van der Waals surface area (Å²) < 4.78 is 1.28. The molecule has 0 bridgehead atoms. The predicted molar refractivity (Wildman–Crippen MR) is 215 cm³/mol. The second-order valence-corrected chi connectivity index (χ2v) is 41.4. The Kier molecular flexibility index (Phi) is 8.81. The zero-order chi connectivity index (χ0) is 33.3. The molecule has 0 N–H and O–H groups in total. The fraction of sp³-hybridized carbons (Fsp3) is 0.220. The van der Waals surface area contributed by atoms with Crippen molar-refractivity contribution >= 4 is 78.4 Å². The zero-order valence-corrected chi connectivity index (χ0v) is 36.0. The van der Waals surface area contributed by atoms with Crippen molar-refractivity contribution in [1.29, 1.82) is 0 Å². The Labute approximate surface area is 297 Å². The Morgan fingerprint density at radius 2 is 1.32 bits per heavy atom. The van der Waals surface area contributed by atoms with Crippen LogP contribution in [0.2, 0.25) is 39.3 Å². The molecule has 0 aromatic heterocycles. The van der Waals surface area contributed by atoms with Crippen molar-refractivity contribution in [1.82, 2.24) is 0 Å². The summed E-state index contributed by atoms with van der Waals surface area (Å²) >= 11 is -4.17. The average molecular weight is 783 g/mol. The molecule has 1 aliphatic heterocycles. The van der Waals surface area contributed by atoms with E-state index in [-0.39, 0.29) is 3.63 Å². The molecular weight excluding hydrogens is 739 g/mol. The molecule has 1 unspecified atom stereocenters. The Balaban J connectivity index is 1.48. The minimum atomic E-state index is -4.17. The van der Waals surface area contributed by atoms with Gasteiger partial charge in [0.2, 0.25) is 0 Å². The normalized spacial score (nSPS) is 16.2. The van der Waals surface area contributed by atoms with Crippen molar-refractivity contribution < 1.29 is 17.9 Å². The first-order valence-corrected chi connectivity index (χ1v) is 34.4. The third kappa shape index (κ3) is 5.96. The van der Waals surface area contributed by atoms with E-state index in [1.807, 2.05) is 0 Å². The van der Waals surface area contributed by atoms with Crippen molar-refractivity contribution in [3.8, 4) is 22.3 Å². The fourth-order valence-electron chi connectivity index (χ4n) is 7.66. The molecule has 0 saturated carbocycles. The van der Waals surface area contributed by atoms with Gasteiger partial charge in [-0.15, -0.1) is 0 Å². The van der Waals surface area contributed by atoms with Crippen LogP contribution < -0.4 is 24.0 Å². The van der Waals surface area contributed by atoms with Gasteiger partial charge in [0.15, 0.2) is 0 Å². The van der Waals surface area contributed by atoms with E-state index < -0.39 is 43.5 Å². The Bertz CT molecular complexity index is 2020. The van der Waals surface area contributed by atoms with Gasteiger partial charge in [0.25, 0.3) is 0 Å². The Morgan fingerprint density at radius 1 is 0.681 bits per heavy atom. The van der Waals surface area contributed by atoms with Crippen LogP contribution in [-0.2, 0) is 24.3 Å². The van der Waals surface area contributed by atoms with Gasteiger partial charge in [-0.3, -0.25) is 0 Å². The number of benzene rings is 5. The van der Waals surface area contributed by atoms with E-state index in [4.69, 9.17) is 17.0 Å². The van der Waals surface area contributed by atoms with Gasteiger partial charge < -0.3 is 0 Å². The molecule has 6 heteroatoms. The summed E-state index contributed by atoms with van der Waals surface area (Å²) in [6.07, 6.45) is 3.46. The van der Waals surface area contributed by atoms with Gasteiger partial charge in [0.05, 0.1) is 0 Å². The summed E-state index contributed by atoms with van der Waals surface area (Å²) in [5, 5.41) is 6.07. The zero-order valence-electron chi connectivity index (χ0n) is 28.6. The molecular formula is C41H44Cl2Si3Zr. The second kappa shape index (κ2) is 12.4. The maximum atomic E-state index is 8.08. The minimum absolute atomic E-state index is 0.00413. The Morgan fingerprint density at radius 3 is 1.98 bits per heavy atom. The molecule has 0 nitrogen and oxygen atoms in total. The third-order valence-corrected chi connectivity index (χ3v) is 28.5. The van der Waals surface area contributed by atoms with Gasteiger partial charge in [0.1, 0.15) is 0 Å². The molecule has 0 fully saturated rings. The standard InChI is InChI=1S/C29H35Si2.C12H9Si.2ClH.Zr/c1-8-21-14-15-23-16-24(22-12-10-9-11-13-22)19-28(23)29(21)25-17-26(30(2,3)4)20-27(18-25)31(5,6)7;1-3-7-11-9(5-1)10-6-2-4-8-12(10)13-11;;;/h9-20H,8H2,1-7H3;1-7H,13H2;2*1H;/q;;;;+2/p-2. The molecule has 5 aromatic rings. The molecule has 5 aromatic carbocycles. The summed E-state index contributed by atoms with van der Waals surface area (Å²) in [6, 6.07) is 39.0. The van der Waals surface area contributed by atoms with Gasteiger partial charge in [-0.25, -0.2) is 0 Å². The van der Waals surface area contributed by atoms with Crippen molar-refractivity contribution in [2.24, 2.45) is 0 Å². The van der Waals surface area contributed by atoms with E-state index in [1.54, 1.807) is 10.4 Å². The topological polar surface area (TPSA) is 0 Å². The van der Waals surface area contributed by atoms with Crippen molar-refractivity contribution in [3.05, 3.63) is 125 Å². The van der Waals surface area contributed by atoms with Crippen LogP contribution in [0, 0.1) is 0 Å². The number of halogens is 2. The van der Waals surface area contributed by atoms with Crippen LogP contribution in [0.25, 0.3) is 33.9 Å². The van der Waals surface area contributed by atoms with E-state index in [9.17, 15) is 0 Å². The molecule has 1 heterocycles. The van der Waals surface area contributed by atoms with Gasteiger partial charge >= 0.3 is 300 Å². The quantitative estimate of drug-likeness (QED) is 0.143. The Hall–Kier alpha value is -2.05. The van der Waals surface area contributed by atoms with E-state index in [1.165, 1.54) is 63.7 Å². The number of hydrogen-bond donors (Lipinski definition) is 0. The number of allylic oxidation sites excluding steroid dienone is 1. The van der Waals surface area contributed by atoms with Crippen LogP contribution in [0.15, 0.2) is 103 Å². The molecule has 0 spiro atoms. The molecule has 0 radical (unpaired) electrons. The molecule has 47 heavy (non-hydrogen) atoms. The SMILES string of the molecule is CCc1ccc2c(c1-c1cc([Si](C)(C)C)cc([Si](C)(C)C)c1)C=C(c1ccccc1)[CH]2[Zr]([Cl])([Cl])[c]1cccc2c1[SiH2]c1ccccc1-2. The summed E-state index contributed by atoms with van der Waals surface area (Å²) in [7, 11) is 12.3. The summed E-state index contributed by atoms with van der Waals surface area (Å²) in [5.41, 5.74) is 12.1. The van der Waals surface area contributed by atoms with E-state index >= 15 is 0 Å². The van der Waals surface area contributed by atoms with Crippen LogP contribution in [0.4, 0.5) is 0 Å². The van der Waals surface area contributed by atoms with Crippen LogP contribution in [0.1, 0.15) is 32.8 Å². The van der Waals surface area contributed by atoms with Crippen LogP contribution in [-0.4, -0.2) is 25.7 Å². The van der Waals surface area contributed by atoms with Gasteiger partial charge in [-0.2, -0.15) is 0 Å². The number of aryl methyl sites for hydroxylation is 1. The number of hydrogen-bond acceptors (Lipinski definition) is 0. The van der Waals surface area contributed by atoms with Crippen molar-refractivity contribution in [2.45, 2.75) is 56.3 Å². The average Bonchev–Trinajstić information content (AvgIpc) is 3.63. The molecule has 238 valence electrons. The predicted octanol–water partition coefficient (Wildman–Crippen LogP) is 8.49. The van der Waals surface area contributed by atoms with Crippen molar-refractivity contribution in [3.63, 3.8) is 0 Å². The molecule has 1 atom stereocenters. The maximum absolute atomic E-state index is 8.08. The first kappa shape index (κ1) is 33.5. The fourth-order valence-corrected chi connectivity index (χ4v) is 26.6. The third-order valence-electron chi connectivity index (χ3n) is 10.3. The van der Waals surface area contributed by atoms with Gasteiger partial charge in [-0.05, 0) is 0 Å². The summed E-state index contributed by atoms with van der Waals surface area (Å²) in [4.78, 5) is 0. The monoisotopic (exact) mass is 780 g/mol.